The molecule has 2 heterocycles. The van der Waals surface area contributed by atoms with E-state index in [0.29, 0.717) is 11.6 Å². The number of fused-ring (bicyclic) bond motifs is 1. The normalized spacial score (nSPS) is 16.5. The molecule has 1 saturated carbocycles. The predicted molar refractivity (Wildman–Crippen MR) is 49.9 cm³/mol. The first-order chi connectivity index (χ1) is 7.25. The minimum Gasteiger partial charge on any atom is -0.233 e. The van der Waals surface area contributed by atoms with E-state index in [1.54, 1.807) is 6.07 Å². The Hall–Kier alpha value is -1.52. The van der Waals surface area contributed by atoms with E-state index in [4.69, 9.17) is 0 Å². The molecule has 0 amide bonds. The molecule has 1 aliphatic carbocycles. The first-order valence-corrected chi connectivity index (χ1v) is 4.88. The molecule has 0 unspecified atom stereocenters. The van der Waals surface area contributed by atoms with E-state index in [-0.39, 0.29) is 5.69 Å². The van der Waals surface area contributed by atoms with Crippen molar-refractivity contribution >= 4 is 5.65 Å². The molecule has 2 aromatic rings. The zero-order valence-electron chi connectivity index (χ0n) is 7.90. The van der Waals surface area contributed by atoms with E-state index < -0.39 is 6.43 Å². The topological polar surface area (TPSA) is 30.2 Å². The van der Waals surface area contributed by atoms with Gasteiger partial charge in [-0.25, -0.2) is 18.3 Å². The highest BCUT2D eigenvalue weighted by Gasteiger charge is 2.27. The van der Waals surface area contributed by atoms with Crippen LogP contribution in [0.25, 0.3) is 5.65 Å². The van der Waals surface area contributed by atoms with E-state index >= 15 is 0 Å². The molecule has 0 aromatic carbocycles. The molecule has 15 heavy (non-hydrogen) atoms. The van der Waals surface area contributed by atoms with Gasteiger partial charge in [0.05, 0.1) is 6.20 Å². The van der Waals surface area contributed by atoms with Crippen molar-refractivity contribution in [3.05, 3.63) is 29.7 Å². The van der Waals surface area contributed by atoms with E-state index in [0.717, 1.165) is 18.5 Å². The average molecular weight is 209 g/mol. The SMILES string of the molecule is FC(F)c1cc(C2CC2)nc2ccnn12. The Bertz CT molecular complexity index is 502. The number of rotatable bonds is 2. The fraction of sp³-hybridized carbons (Fsp3) is 0.400. The summed E-state index contributed by atoms with van der Waals surface area (Å²) in [5.74, 6) is 0.377. The number of hydrogen-bond acceptors (Lipinski definition) is 2. The van der Waals surface area contributed by atoms with Crippen LogP contribution >= 0.6 is 0 Å². The number of nitrogens with zero attached hydrogens (tertiary/aromatic N) is 3. The standard InChI is InChI=1S/C10H9F2N3/c11-10(12)8-5-7(6-1-2-6)14-9-3-4-13-15(8)9/h3-6,10H,1-2H2. The summed E-state index contributed by atoms with van der Waals surface area (Å²) in [6, 6.07) is 3.13. The van der Waals surface area contributed by atoms with Crippen molar-refractivity contribution in [2.24, 2.45) is 0 Å². The van der Waals surface area contributed by atoms with Crippen LogP contribution in [0.5, 0.6) is 0 Å². The van der Waals surface area contributed by atoms with Crippen molar-refractivity contribution in [2.45, 2.75) is 25.2 Å². The first-order valence-electron chi connectivity index (χ1n) is 4.88. The van der Waals surface area contributed by atoms with Gasteiger partial charge < -0.3 is 0 Å². The van der Waals surface area contributed by atoms with Crippen LogP contribution in [0.1, 0.15) is 36.6 Å². The Morgan fingerprint density at radius 3 is 2.87 bits per heavy atom. The van der Waals surface area contributed by atoms with Gasteiger partial charge in [-0.05, 0) is 18.9 Å². The molecule has 1 aliphatic rings. The molecule has 1 fully saturated rings. The average Bonchev–Trinajstić information content (AvgIpc) is 2.95. The molecule has 0 bridgehead atoms. The maximum Gasteiger partial charge on any atom is 0.280 e. The van der Waals surface area contributed by atoms with Gasteiger partial charge in [-0.2, -0.15) is 5.10 Å². The maximum absolute atomic E-state index is 12.7. The molecule has 0 atom stereocenters. The molecule has 0 spiro atoms. The first kappa shape index (κ1) is 8.76. The molecule has 3 rings (SSSR count). The highest BCUT2D eigenvalue weighted by molar-refractivity contribution is 5.40. The molecule has 0 N–H and O–H groups in total. The Labute approximate surface area is 84.7 Å². The van der Waals surface area contributed by atoms with Crippen LogP contribution in [0.4, 0.5) is 8.78 Å². The lowest BCUT2D eigenvalue weighted by molar-refractivity contribution is 0.143. The van der Waals surface area contributed by atoms with Gasteiger partial charge in [-0.3, -0.25) is 0 Å². The van der Waals surface area contributed by atoms with Gasteiger partial charge in [0.2, 0.25) is 0 Å². The zero-order valence-corrected chi connectivity index (χ0v) is 7.90. The summed E-state index contributed by atoms with van der Waals surface area (Å²) in [4.78, 5) is 4.31. The third-order valence-electron chi connectivity index (χ3n) is 2.63. The lowest BCUT2D eigenvalue weighted by atomic mass is 10.2. The highest BCUT2D eigenvalue weighted by atomic mass is 19.3. The van der Waals surface area contributed by atoms with Gasteiger partial charge in [-0.15, -0.1) is 0 Å². The second-order valence-corrected chi connectivity index (χ2v) is 3.78. The summed E-state index contributed by atoms with van der Waals surface area (Å²) < 4.78 is 26.7. The summed E-state index contributed by atoms with van der Waals surface area (Å²) in [6.45, 7) is 0. The van der Waals surface area contributed by atoms with Crippen LogP contribution < -0.4 is 0 Å². The van der Waals surface area contributed by atoms with Crippen LogP contribution in [0.15, 0.2) is 18.3 Å². The highest BCUT2D eigenvalue weighted by Crippen LogP contribution is 2.40. The van der Waals surface area contributed by atoms with Gasteiger partial charge in [0, 0.05) is 17.7 Å². The van der Waals surface area contributed by atoms with Crippen LogP contribution in [-0.2, 0) is 0 Å². The maximum atomic E-state index is 12.7. The molecular weight excluding hydrogens is 200 g/mol. The largest absolute Gasteiger partial charge is 0.280 e. The summed E-state index contributed by atoms with van der Waals surface area (Å²) in [5.41, 5.74) is 1.22. The van der Waals surface area contributed by atoms with Gasteiger partial charge in [0.25, 0.3) is 6.43 Å². The van der Waals surface area contributed by atoms with Gasteiger partial charge >= 0.3 is 0 Å². The van der Waals surface area contributed by atoms with Crippen molar-refractivity contribution in [1.82, 2.24) is 14.6 Å². The molecule has 0 saturated heterocycles. The predicted octanol–water partition coefficient (Wildman–Crippen LogP) is 2.54. The number of hydrogen-bond donors (Lipinski definition) is 0. The quantitative estimate of drug-likeness (QED) is 0.760. The monoisotopic (exact) mass is 209 g/mol. The Morgan fingerprint density at radius 1 is 1.40 bits per heavy atom. The summed E-state index contributed by atoms with van der Waals surface area (Å²) in [5, 5.41) is 3.83. The van der Waals surface area contributed by atoms with E-state index in [1.165, 1.54) is 16.8 Å². The van der Waals surface area contributed by atoms with Crippen molar-refractivity contribution in [3.8, 4) is 0 Å². The lowest BCUT2D eigenvalue weighted by Gasteiger charge is -2.05. The molecule has 2 aromatic heterocycles. The van der Waals surface area contributed by atoms with Crippen LogP contribution in [0.3, 0.4) is 0 Å². The smallest absolute Gasteiger partial charge is 0.233 e. The second-order valence-electron chi connectivity index (χ2n) is 3.78. The minimum atomic E-state index is -2.51. The molecule has 78 valence electrons. The number of halogens is 2. The molecule has 0 radical (unpaired) electrons. The zero-order chi connectivity index (χ0) is 10.4. The van der Waals surface area contributed by atoms with E-state index in [2.05, 4.69) is 10.1 Å². The van der Waals surface area contributed by atoms with Gasteiger partial charge in [-0.1, -0.05) is 0 Å². The van der Waals surface area contributed by atoms with Crippen molar-refractivity contribution in [2.75, 3.05) is 0 Å². The van der Waals surface area contributed by atoms with E-state index in [1.807, 2.05) is 0 Å². The number of alkyl halides is 2. The van der Waals surface area contributed by atoms with E-state index in [9.17, 15) is 8.78 Å². The van der Waals surface area contributed by atoms with Gasteiger partial charge in [0.15, 0.2) is 5.65 Å². The van der Waals surface area contributed by atoms with Crippen molar-refractivity contribution in [1.29, 1.82) is 0 Å². The van der Waals surface area contributed by atoms with Crippen LogP contribution in [0.2, 0.25) is 0 Å². The molecular formula is C10H9F2N3. The summed E-state index contributed by atoms with van der Waals surface area (Å²) >= 11 is 0. The van der Waals surface area contributed by atoms with Crippen LogP contribution in [-0.4, -0.2) is 14.6 Å². The number of aromatic nitrogens is 3. The lowest BCUT2D eigenvalue weighted by Crippen LogP contribution is -2.03. The van der Waals surface area contributed by atoms with Crippen LogP contribution in [0, 0.1) is 0 Å². The Balaban J connectivity index is 2.23. The Kier molecular flexibility index (Phi) is 1.74. The fourth-order valence-corrected chi connectivity index (χ4v) is 1.70. The van der Waals surface area contributed by atoms with Crippen molar-refractivity contribution < 1.29 is 8.78 Å². The molecule has 3 nitrogen and oxygen atoms in total. The second kappa shape index (κ2) is 2.98. The molecule has 0 aliphatic heterocycles. The third kappa shape index (κ3) is 1.38. The summed E-state index contributed by atoms with van der Waals surface area (Å²) in [6.07, 6.45) is 1.10. The van der Waals surface area contributed by atoms with Crippen molar-refractivity contribution in [3.63, 3.8) is 0 Å². The minimum absolute atomic E-state index is 0.0631. The third-order valence-corrected chi connectivity index (χ3v) is 2.63. The molecule has 5 heteroatoms. The summed E-state index contributed by atoms with van der Waals surface area (Å²) in [7, 11) is 0. The fourth-order valence-electron chi connectivity index (χ4n) is 1.70. The van der Waals surface area contributed by atoms with Gasteiger partial charge in [0.1, 0.15) is 5.69 Å². The Morgan fingerprint density at radius 2 is 2.20 bits per heavy atom.